The van der Waals surface area contributed by atoms with Crippen LogP contribution in [0.4, 0.5) is 0 Å². The van der Waals surface area contributed by atoms with Crippen LogP contribution in [-0.2, 0) is 10.0 Å². The van der Waals surface area contributed by atoms with E-state index in [2.05, 4.69) is 5.92 Å². The van der Waals surface area contributed by atoms with Crippen LogP contribution in [-0.4, -0.2) is 14.0 Å². The summed E-state index contributed by atoms with van der Waals surface area (Å²) in [5.41, 5.74) is -0.733. The largest absolute Gasteiger partial charge is 0.475 e. The Bertz CT molecular complexity index is 509. The van der Waals surface area contributed by atoms with Crippen LogP contribution in [0, 0.1) is 12.3 Å². The van der Waals surface area contributed by atoms with Gasteiger partial charge in [0.15, 0.2) is 5.60 Å². The lowest BCUT2D eigenvalue weighted by molar-refractivity contribution is 0.172. The van der Waals surface area contributed by atoms with Gasteiger partial charge in [-0.25, -0.2) is 13.6 Å². The summed E-state index contributed by atoms with van der Waals surface area (Å²) in [6, 6.07) is 5.77. The zero-order valence-corrected chi connectivity index (χ0v) is 9.91. The van der Waals surface area contributed by atoms with Crippen molar-refractivity contribution >= 4 is 10.0 Å². The van der Waals surface area contributed by atoms with Crippen molar-refractivity contribution in [1.29, 1.82) is 0 Å². The summed E-state index contributed by atoms with van der Waals surface area (Å²) < 4.78 is 27.4. The van der Waals surface area contributed by atoms with Gasteiger partial charge in [0.05, 0.1) is 4.90 Å². The van der Waals surface area contributed by atoms with Crippen LogP contribution in [0.5, 0.6) is 5.75 Å². The molecule has 0 radical (unpaired) electrons. The first kappa shape index (κ1) is 12.6. The molecule has 4 nitrogen and oxygen atoms in total. The molecule has 86 valence electrons. The molecule has 0 spiro atoms. The fourth-order valence-electron chi connectivity index (χ4n) is 1.02. The molecule has 0 unspecified atom stereocenters. The van der Waals surface area contributed by atoms with E-state index in [1.54, 1.807) is 13.8 Å². The van der Waals surface area contributed by atoms with Crippen LogP contribution in [0.25, 0.3) is 0 Å². The molecule has 1 aromatic carbocycles. The third-order valence-electron chi connectivity index (χ3n) is 1.87. The number of rotatable bonds is 3. The summed E-state index contributed by atoms with van der Waals surface area (Å²) in [4.78, 5) is 0.0402. The number of primary sulfonamides is 1. The number of benzene rings is 1. The molecule has 0 atom stereocenters. The van der Waals surface area contributed by atoms with E-state index in [1.165, 1.54) is 24.3 Å². The van der Waals surface area contributed by atoms with Crippen LogP contribution < -0.4 is 9.88 Å². The third-order valence-corrected chi connectivity index (χ3v) is 2.80. The Labute approximate surface area is 95.5 Å². The van der Waals surface area contributed by atoms with Gasteiger partial charge in [0.25, 0.3) is 0 Å². The molecule has 0 amide bonds. The first-order chi connectivity index (χ1) is 7.24. The second kappa shape index (κ2) is 4.16. The third kappa shape index (κ3) is 3.26. The predicted octanol–water partition coefficient (Wildman–Crippen LogP) is 1.12. The number of hydrogen-bond acceptors (Lipinski definition) is 3. The van der Waals surface area contributed by atoms with E-state index in [0.29, 0.717) is 5.75 Å². The molecule has 2 N–H and O–H groups in total. The van der Waals surface area contributed by atoms with Crippen molar-refractivity contribution in [3.05, 3.63) is 24.3 Å². The minimum atomic E-state index is -3.66. The second-order valence-electron chi connectivity index (χ2n) is 3.77. The SMILES string of the molecule is C#CC(C)(C)Oc1ccc(S(N)(=O)=O)cc1. The van der Waals surface area contributed by atoms with Crippen molar-refractivity contribution in [3.63, 3.8) is 0 Å². The lowest BCUT2D eigenvalue weighted by Crippen LogP contribution is -2.25. The van der Waals surface area contributed by atoms with Gasteiger partial charge in [-0.1, -0.05) is 5.92 Å². The molecule has 16 heavy (non-hydrogen) atoms. The number of terminal acetylenes is 1. The Balaban J connectivity index is 2.94. The van der Waals surface area contributed by atoms with Crippen molar-refractivity contribution in [2.75, 3.05) is 0 Å². The molecule has 0 bridgehead atoms. The van der Waals surface area contributed by atoms with E-state index in [0.717, 1.165) is 0 Å². The Morgan fingerprint density at radius 3 is 2.19 bits per heavy atom. The van der Waals surface area contributed by atoms with Gasteiger partial charge in [0.1, 0.15) is 5.75 Å². The molecule has 0 saturated carbocycles. The molecule has 0 saturated heterocycles. The molecule has 0 aromatic heterocycles. The molecule has 5 heteroatoms. The highest BCUT2D eigenvalue weighted by molar-refractivity contribution is 7.89. The Hall–Kier alpha value is -1.51. The number of nitrogens with two attached hydrogens (primary N) is 1. The molecule has 0 fully saturated rings. The first-order valence-corrected chi connectivity index (χ1v) is 6.09. The van der Waals surface area contributed by atoms with Gasteiger partial charge < -0.3 is 4.74 Å². The van der Waals surface area contributed by atoms with Crippen LogP contribution in [0.1, 0.15) is 13.8 Å². The topological polar surface area (TPSA) is 69.4 Å². The summed E-state index contributed by atoms with van der Waals surface area (Å²) >= 11 is 0. The number of sulfonamides is 1. The second-order valence-corrected chi connectivity index (χ2v) is 5.33. The molecule has 0 aliphatic rings. The van der Waals surface area contributed by atoms with Crippen LogP contribution in [0.3, 0.4) is 0 Å². The van der Waals surface area contributed by atoms with Crippen LogP contribution in [0.2, 0.25) is 0 Å². The first-order valence-electron chi connectivity index (χ1n) is 4.54. The maximum Gasteiger partial charge on any atom is 0.238 e. The average molecular weight is 239 g/mol. The monoisotopic (exact) mass is 239 g/mol. The van der Waals surface area contributed by atoms with Gasteiger partial charge >= 0.3 is 0 Å². The lowest BCUT2D eigenvalue weighted by Gasteiger charge is -2.20. The molecule has 0 aliphatic heterocycles. The maximum atomic E-state index is 11.0. The highest BCUT2D eigenvalue weighted by Gasteiger charge is 2.16. The minimum absolute atomic E-state index is 0.0402. The maximum absolute atomic E-state index is 11.0. The zero-order chi connectivity index (χ0) is 12.4. The minimum Gasteiger partial charge on any atom is -0.475 e. The molecule has 1 aromatic rings. The quantitative estimate of drug-likeness (QED) is 0.804. The van der Waals surface area contributed by atoms with Gasteiger partial charge in [-0.3, -0.25) is 0 Å². The average Bonchev–Trinajstić information content (AvgIpc) is 2.16. The van der Waals surface area contributed by atoms with Gasteiger partial charge in [-0.05, 0) is 38.1 Å². The summed E-state index contributed by atoms with van der Waals surface area (Å²) in [5.74, 6) is 2.97. The molecule has 0 heterocycles. The van der Waals surface area contributed by atoms with Gasteiger partial charge in [0, 0.05) is 0 Å². The number of ether oxygens (including phenoxy) is 1. The van der Waals surface area contributed by atoms with E-state index in [-0.39, 0.29) is 4.90 Å². The fraction of sp³-hybridized carbons (Fsp3) is 0.273. The van der Waals surface area contributed by atoms with E-state index in [9.17, 15) is 8.42 Å². The van der Waals surface area contributed by atoms with Crippen molar-refractivity contribution < 1.29 is 13.2 Å². The Morgan fingerprint density at radius 1 is 1.31 bits per heavy atom. The fourth-order valence-corrected chi connectivity index (χ4v) is 1.54. The molecular weight excluding hydrogens is 226 g/mol. The van der Waals surface area contributed by atoms with E-state index >= 15 is 0 Å². The molecule has 0 aliphatic carbocycles. The van der Waals surface area contributed by atoms with Crippen LogP contribution in [0.15, 0.2) is 29.2 Å². The van der Waals surface area contributed by atoms with E-state index < -0.39 is 15.6 Å². The predicted molar refractivity (Wildman–Crippen MR) is 61.4 cm³/mol. The number of hydrogen-bond donors (Lipinski definition) is 1. The van der Waals surface area contributed by atoms with Gasteiger partial charge in [-0.2, -0.15) is 0 Å². The summed E-state index contributed by atoms with van der Waals surface area (Å²) in [5, 5.41) is 4.96. The zero-order valence-electron chi connectivity index (χ0n) is 9.10. The van der Waals surface area contributed by atoms with Crippen molar-refractivity contribution in [2.45, 2.75) is 24.3 Å². The molecule has 1 rings (SSSR count). The van der Waals surface area contributed by atoms with E-state index in [4.69, 9.17) is 16.3 Å². The normalized spacial score (nSPS) is 11.9. The Kier molecular flexibility index (Phi) is 3.27. The highest BCUT2D eigenvalue weighted by Crippen LogP contribution is 2.19. The summed E-state index contributed by atoms with van der Waals surface area (Å²) in [6.07, 6.45) is 5.26. The van der Waals surface area contributed by atoms with Crippen molar-refractivity contribution in [2.24, 2.45) is 5.14 Å². The summed E-state index contributed by atoms with van der Waals surface area (Å²) in [6.45, 7) is 3.47. The van der Waals surface area contributed by atoms with Gasteiger partial charge in [0.2, 0.25) is 10.0 Å². The standard InChI is InChI=1S/C11H13NO3S/c1-4-11(2,3)15-9-5-7-10(8-6-9)16(12,13)14/h1,5-8H,2-3H3,(H2,12,13,14). The highest BCUT2D eigenvalue weighted by atomic mass is 32.2. The van der Waals surface area contributed by atoms with Crippen molar-refractivity contribution in [3.8, 4) is 18.1 Å². The van der Waals surface area contributed by atoms with Crippen molar-refractivity contribution in [1.82, 2.24) is 0 Å². The van der Waals surface area contributed by atoms with Gasteiger partial charge in [-0.15, -0.1) is 6.42 Å². The molecular formula is C11H13NO3S. The van der Waals surface area contributed by atoms with Crippen LogP contribution >= 0.6 is 0 Å². The smallest absolute Gasteiger partial charge is 0.238 e. The Morgan fingerprint density at radius 2 is 1.81 bits per heavy atom. The van der Waals surface area contributed by atoms with E-state index in [1.807, 2.05) is 0 Å². The lowest BCUT2D eigenvalue weighted by atomic mass is 10.1. The summed E-state index contributed by atoms with van der Waals surface area (Å²) in [7, 11) is -3.66.